The van der Waals surface area contributed by atoms with E-state index >= 15 is 0 Å². The quantitative estimate of drug-likeness (QED) is 0.483. The molecule has 1 aliphatic heterocycles. The van der Waals surface area contributed by atoms with Crippen molar-refractivity contribution in [1.29, 1.82) is 0 Å². The zero-order valence-electron chi connectivity index (χ0n) is 18.1. The lowest BCUT2D eigenvalue weighted by Crippen LogP contribution is -2.46. The van der Waals surface area contributed by atoms with Crippen LogP contribution in [0.1, 0.15) is 17.3 Å². The van der Waals surface area contributed by atoms with Gasteiger partial charge in [-0.05, 0) is 55.1 Å². The Bertz CT molecular complexity index is 1350. The first-order valence-electron chi connectivity index (χ1n) is 11.1. The molecule has 0 spiro atoms. The number of fused-ring (bicyclic) bond motifs is 2. The Morgan fingerprint density at radius 2 is 1.69 bits per heavy atom. The first-order chi connectivity index (χ1) is 15.6. The van der Waals surface area contributed by atoms with Crippen LogP contribution in [-0.4, -0.2) is 48.5 Å². The summed E-state index contributed by atoms with van der Waals surface area (Å²) in [6, 6.07) is 20.6. The normalized spacial score (nSPS) is 14.7. The Kier molecular flexibility index (Phi) is 5.37. The second kappa shape index (κ2) is 8.48. The molecule has 162 valence electrons. The minimum absolute atomic E-state index is 0.0720. The van der Waals surface area contributed by atoms with Gasteiger partial charge in [-0.1, -0.05) is 25.1 Å². The molecule has 32 heavy (non-hydrogen) atoms. The summed E-state index contributed by atoms with van der Waals surface area (Å²) in [7, 11) is 0. The highest BCUT2D eigenvalue weighted by Crippen LogP contribution is 2.22. The summed E-state index contributed by atoms with van der Waals surface area (Å²) < 4.78 is 0. The van der Waals surface area contributed by atoms with E-state index in [1.54, 1.807) is 24.3 Å². The molecule has 1 aromatic heterocycles. The van der Waals surface area contributed by atoms with Crippen molar-refractivity contribution in [3.8, 4) is 0 Å². The largest absolute Gasteiger partial charge is 0.369 e. The maximum absolute atomic E-state index is 13.0. The summed E-state index contributed by atoms with van der Waals surface area (Å²) >= 11 is 0. The molecule has 5 rings (SSSR count). The average Bonchev–Trinajstić information content (AvgIpc) is 2.84. The van der Waals surface area contributed by atoms with E-state index in [0.29, 0.717) is 16.3 Å². The monoisotopic (exact) mass is 426 g/mol. The van der Waals surface area contributed by atoms with Crippen LogP contribution >= 0.6 is 0 Å². The van der Waals surface area contributed by atoms with Crippen LogP contribution in [0.3, 0.4) is 0 Å². The molecule has 2 heterocycles. The first kappa shape index (κ1) is 20.3. The van der Waals surface area contributed by atoms with E-state index in [1.165, 1.54) is 0 Å². The summed E-state index contributed by atoms with van der Waals surface area (Å²) in [5, 5.41) is 4.12. The fraction of sp³-hybridized carbons (Fsp3) is 0.231. The van der Waals surface area contributed by atoms with Gasteiger partial charge in [0.25, 0.3) is 5.91 Å². The minimum Gasteiger partial charge on any atom is -0.369 e. The van der Waals surface area contributed by atoms with Crippen LogP contribution in [-0.2, 0) is 0 Å². The van der Waals surface area contributed by atoms with E-state index < -0.39 is 0 Å². The number of para-hydroxylation sites is 1. The van der Waals surface area contributed by atoms with Crippen molar-refractivity contribution < 1.29 is 4.79 Å². The SMILES string of the molecule is CCN1CCN(c2cccc(NC(=O)c3ccc4[nH]c5ccccc5c(=O)c4c3)c2)CC1. The number of aromatic nitrogens is 1. The van der Waals surface area contributed by atoms with Crippen LogP contribution < -0.4 is 15.6 Å². The zero-order valence-corrected chi connectivity index (χ0v) is 18.1. The molecule has 0 aliphatic carbocycles. The average molecular weight is 427 g/mol. The Labute approximate surface area is 186 Å². The molecular weight excluding hydrogens is 400 g/mol. The Morgan fingerprint density at radius 3 is 2.50 bits per heavy atom. The van der Waals surface area contributed by atoms with E-state index in [2.05, 4.69) is 33.1 Å². The van der Waals surface area contributed by atoms with Gasteiger partial charge >= 0.3 is 0 Å². The van der Waals surface area contributed by atoms with E-state index in [-0.39, 0.29) is 11.3 Å². The maximum atomic E-state index is 13.0. The van der Waals surface area contributed by atoms with Gasteiger partial charge in [0, 0.05) is 64.9 Å². The summed E-state index contributed by atoms with van der Waals surface area (Å²) in [6.07, 6.45) is 0. The van der Waals surface area contributed by atoms with Gasteiger partial charge in [0.1, 0.15) is 0 Å². The lowest BCUT2D eigenvalue weighted by Gasteiger charge is -2.35. The van der Waals surface area contributed by atoms with Crippen molar-refractivity contribution in [2.75, 3.05) is 42.9 Å². The summed E-state index contributed by atoms with van der Waals surface area (Å²) in [5.74, 6) is -0.229. The molecule has 0 saturated carbocycles. The number of anilines is 2. The number of hydrogen-bond donors (Lipinski definition) is 2. The first-order valence-corrected chi connectivity index (χ1v) is 11.1. The number of carbonyl (C=O) groups excluding carboxylic acids is 1. The maximum Gasteiger partial charge on any atom is 0.255 e. The number of piperazine rings is 1. The van der Waals surface area contributed by atoms with Gasteiger partial charge in [-0.2, -0.15) is 0 Å². The molecular formula is C26H26N4O2. The van der Waals surface area contributed by atoms with Gasteiger partial charge in [-0.15, -0.1) is 0 Å². The number of amides is 1. The second-order valence-corrected chi connectivity index (χ2v) is 8.19. The summed E-state index contributed by atoms with van der Waals surface area (Å²) in [6.45, 7) is 7.32. The van der Waals surface area contributed by atoms with Crippen LogP contribution in [0.25, 0.3) is 21.8 Å². The molecule has 6 heteroatoms. The number of benzene rings is 3. The lowest BCUT2D eigenvalue weighted by atomic mass is 10.1. The molecule has 1 fully saturated rings. The fourth-order valence-electron chi connectivity index (χ4n) is 4.37. The molecule has 1 aliphatic rings. The molecule has 0 bridgehead atoms. The highest BCUT2D eigenvalue weighted by atomic mass is 16.1. The summed E-state index contributed by atoms with van der Waals surface area (Å²) in [4.78, 5) is 33.9. The molecule has 1 saturated heterocycles. The molecule has 1 amide bonds. The predicted molar refractivity (Wildman–Crippen MR) is 131 cm³/mol. The van der Waals surface area contributed by atoms with Crippen LogP contribution in [0.4, 0.5) is 11.4 Å². The second-order valence-electron chi connectivity index (χ2n) is 8.19. The van der Waals surface area contributed by atoms with Crippen molar-refractivity contribution in [3.63, 3.8) is 0 Å². The lowest BCUT2D eigenvalue weighted by molar-refractivity contribution is 0.102. The van der Waals surface area contributed by atoms with Gasteiger partial charge < -0.3 is 20.1 Å². The topological polar surface area (TPSA) is 68.4 Å². The number of aromatic amines is 1. The van der Waals surface area contributed by atoms with Crippen LogP contribution in [0.15, 0.2) is 71.5 Å². The number of rotatable bonds is 4. The standard InChI is InChI=1S/C26H26N4O2/c1-2-29-12-14-30(15-13-29)20-7-5-6-19(17-20)27-26(32)18-10-11-24-22(16-18)25(31)21-8-3-4-9-23(21)28-24/h3-11,16-17H,2,12-15H2,1H3,(H,27,32)(H,28,31). The number of pyridine rings is 1. The van der Waals surface area contributed by atoms with Crippen LogP contribution in [0.2, 0.25) is 0 Å². The Morgan fingerprint density at radius 1 is 0.906 bits per heavy atom. The van der Waals surface area contributed by atoms with E-state index in [1.807, 2.05) is 36.4 Å². The highest BCUT2D eigenvalue weighted by molar-refractivity contribution is 6.07. The zero-order chi connectivity index (χ0) is 22.1. The molecule has 4 aromatic rings. The predicted octanol–water partition coefficient (Wildman–Crippen LogP) is 4.08. The van der Waals surface area contributed by atoms with Gasteiger partial charge in [-0.3, -0.25) is 9.59 Å². The van der Waals surface area contributed by atoms with Gasteiger partial charge in [0.05, 0.1) is 0 Å². The van der Waals surface area contributed by atoms with Gasteiger partial charge in [0.15, 0.2) is 5.43 Å². The number of likely N-dealkylation sites (N-methyl/N-ethyl adjacent to an activating group) is 1. The molecule has 2 N–H and O–H groups in total. The minimum atomic E-state index is -0.229. The number of H-pyrrole nitrogens is 1. The van der Waals surface area contributed by atoms with Crippen molar-refractivity contribution in [2.45, 2.75) is 6.92 Å². The van der Waals surface area contributed by atoms with Crippen molar-refractivity contribution in [2.24, 2.45) is 0 Å². The smallest absolute Gasteiger partial charge is 0.255 e. The van der Waals surface area contributed by atoms with Crippen LogP contribution in [0.5, 0.6) is 0 Å². The molecule has 3 aromatic carbocycles. The van der Waals surface area contributed by atoms with Crippen molar-refractivity contribution >= 4 is 39.1 Å². The van der Waals surface area contributed by atoms with E-state index in [4.69, 9.17) is 0 Å². The van der Waals surface area contributed by atoms with E-state index in [9.17, 15) is 9.59 Å². The third-order valence-corrected chi connectivity index (χ3v) is 6.26. The molecule has 6 nitrogen and oxygen atoms in total. The van der Waals surface area contributed by atoms with Gasteiger partial charge in [0.2, 0.25) is 0 Å². The number of nitrogens with zero attached hydrogens (tertiary/aromatic N) is 2. The Hall–Kier alpha value is -3.64. The Balaban J connectivity index is 1.39. The number of nitrogens with one attached hydrogen (secondary N) is 2. The highest BCUT2D eigenvalue weighted by Gasteiger charge is 2.16. The number of hydrogen-bond acceptors (Lipinski definition) is 4. The molecule has 0 unspecified atom stereocenters. The third-order valence-electron chi connectivity index (χ3n) is 6.26. The third kappa shape index (κ3) is 3.85. The summed E-state index contributed by atoms with van der Waals surface area (Å²) in [5.41, 5.74) is 3.76. The molecule has 0 radical (unpaired) electrons. The van der Waals surface area contributed by atoms with Crippen molar-refractivity contribution in [3.05, 3.63) is 82.5 Å². The van der Waals surface area contributed by atoms with Gasteiger partial charge in [-0.25, -0.2) is 0 Å². The van der Waals surface area contributed by atoms with Crippen molar-refractivity contribution in [1.82, 2.24) is 9.88 Å². The number of carbonyl (C=O) groups is 1. The van der Waals surface area contributed by atoms with E-state index in [0.717, 1.165) is 55.1 Å². The van der Waals surface area contributed by atoms with Crippen LogP contribution in [0, 0.1) is 0 Å². The fourth-order valence-corrected chi connectivity index (χ4v) is 4.37. The molecule has 0 atom stereocenters.